The number of guanidine groups is 1. The summed E-state index contributed by atoms with van der Waals surface area (Å²) in [7, 11) is 3.99. The van der Waals surface area contributed by atoms with Crippen LogP contribution in [-0.4, -0.2) is 49.1 Å². The van der Waals surface area contributed by atoms with E-state index in [1.165, 1.54) is 11.3 Å². The van der Waals surface area contributed by atoms with Gasteiger partial charge in [-0.1, -0.05) is 0 Å². The van der Waals surface area contributed by atoms with Gasteiger partial charge in [-0.25, -0.2) is 4.98 Å². The number of rotatable bonds is 8. The SMILES string of the molecule is CN=C(NCCCCN(C)C(C)C)NCc1sc(C)nc1C. The van der Waals surface area contributed by atoms with Crippen molar-refractivity contribution in [3.8, 4) is 0 Å². The summed E-state index contributed by atoms with van der Waals surface area (Å²) in [4.78, 5) is 12.4. The molecule has 0 radical (unpaired) electrons. The maximum absolute atomic E-state index is 4.45. The van der Waals surface area contributed by atoms with Gasteiger partial charge < -0.3 is 15.5 Å². The molecule has 22 heavy (non-hydrogen) atoms. The first-order chi connectivity index (χ1) is 10.4. The first-order valence-electron chi connectivity index (χ1n) is 8.01. The summed E-state index contributed by atoms with van der Waals surface area (Å²) in [5, 5.41) is 7.85. The fourth-order valence-electron chi connectivity index (χ4n) is 2.07. The van der Waals surface area contributed by atoms with Crippen molar-refractivity contribution in [2.45, 2.75) is 53.1 Å². The molecule has 2 N–H and O–H groups in total. The Labute approximate surface area is 139 Å². The van der Waals surface area contributed by atoms with E-state index in [1.54, 1.807) is 11.3 Å². The Bertz CT molecular complexity index is 467. The van der Waals surface area contributed by atoms with Crippen molar-refractivity contribution in [3.05, 3.63) is 15.6 Å². The smallest absolute Gasteiger partial charge is 0.191 e. The van der Waals surface area contributed by atoms with Crippen LogP contribution in [0.25, 0.3) is 0 Å². The van der Waals surface area contributed by atoms with Gasteiger partial charge in [0, 0.05) is 24.5 Å². The molecule has 1 aromatic heterocycles. The van der Waals surface area contributed by atoms with Crippen molar-refractivity contribution in [2.24, 2.45) is 4.99 Å². The van der Waals surface area contributed by atoms with Gasteiger partial charge in [-0.3, -0.25) is 4.99 Å². The van der Waals surface area contributed by atoms with E-state index in [4.69, 9.17) is 0 Å². The van der Waals surface area contributed by atoms with Gasteiger partial charge >= 0.3 is 0 Å². The minimum atomic E-state index is 0.619. The van der Waals surface area contributed by atoms with Crippen molar-refractivity contribution in [1.82, 2.24) is 20.5 Å². The van der Waals surface area contributed by atoms with Crippen LogP contribution < -0.4 is 10.6 Å². The molecule has 6 heteroatoms. The molecule has 0 saturated heterocycles. The maximum atomic E-state index is 4.45. The van der Waals surface area contributed by atoms with Gasteiger partial charge in [-0.15, -0.1) is 11.3 Å². The van der Waals surface area contributed by atoms with Crippen molar-refractivity contribution >= 4 is 17.3 Å². The van der Waals surface area contributed by atoms with E-state index in [9.17, 15) is 0 Å². The van der Waals surface area contributed by atoms with Gasteiger partial charge in [0.25, 0.3) is 0 Å². The van der Waals surface area contributed by atoms with Gasteiger partial charge in [0.05, 0.1) is 17.2 Å². The Morgan fingerprint density at radius 2 is 2.00 bits per heavy atom. The molecule has 0 amide bonds. The van der Waals surface area contributed by atoms with Crippen LogP contribution in [0, 0.1) is 13.8 Å². The molecule has 0 bridgehead atoms. The maximum Gasteiger partial charge on any atom is 0.191 e. The minimum Gasteiger partial charge on any atom is -0.356 e. The number of nitrogens with zero attached hydrogens (tertiary/aromatic N) is 3. The number of nitrogens with one attached hydrogen (secondary N) is 2. The molecule has 1 heterocycles. The second kappa shape index (κ2) is 9.79. The van der Waals surface area contributed by atoms with Crippen LogP contribution in [-0.2, 0) is 6.54 Å². The fourth-order valence-corrected chi connectivity index (χ4v) is 2.95. The lowest BCUT2D eigenvalue weighted by Gasteiger charge is -2.20. The molecule has 0 fully saturated rings. The van der Waals surface area contributed by atoms with Crippen LogP contribution >= 0.6 is 11.3 Å². The summed E-state index contributed by atoms with van der Waals surface area (Å²) in [6.45, 7) is 11.4. The van der Waals surface area contributed by atoms with Crippen LogP contribution in [0.2, 0.25) is 0 Å². The molecular formula is C16H31N5S. The molecule has 0 aliphatic carbocycles. The van der Waals surface area contributed by atoms with Gasteiger partial charge in [0.2, 0.25) is 0 Å². The first-order valence-corrected chi connectivity index (χ1v) is 8.83. The summed E-state index contributed by atoms with van der Waals surface area (Å²) >= 11 is 1.74. The highest BCUT2D eigenvalue weighted by atomic mass is 32.1. The third-order valence-electron chi connectivity index (χ3n) is 3.75. The quantitative estimate of drug-likeness (QED) is 0.438. The lowest BCUT2D eigenvalue weighted by Crippen LogP contribution is -2.37. The summed E-state index contributed by atoms with van der Waals surface area (Å²) in [6, 6.07) is 0.619. The zero-order valence-electron chi connectivity index (χ0n) is 14.9. The molecule has 126 valence electrons. The van der Waals surface area contributed by atoms with E-state index in [0.717, 1.165) is 42.7 Å². The number of hydrogen-bond donors (Lipinski definition) is 2. The summed E-state index contributed by atoms with van der Waals surface area (Å²) in [5.41, 5.74) is 1.11. The van der Waals surface area contributed by atoms with Crippen molar-refractivity contribution < 1.29 is 0 Å². The number of aryl methyl sites for hydroxylation is 2. The highest BCUT2D eigenvalue weighted by molar-refractivity contribution is 7.11. The van der Waals surface area contributed by atoms with Gasteiger partial charge in [0.1, 0.15) is 0 Å². The number of thiazole rings is 1. The third kappa shape index (κ3) is 6.75. The Kier molecular flexibility index (Phi) is 8.42. The molecule has 1 rings (SSSR count). The molecule has 0 unspecified atom stereocenters. The van der Waals surface area contributed by atoms with Crippen molar-refractivity contribution in [3.63, 3.8) is 0 Å². The molecule has 0 atom stereocenters. The third-order valence-corrected chi connectivity index (χ3v) is 4.82. The average molecular weight is 326 g/mol. The number of aromatic nitrogens is 1. The lowest BCUT2D eigenvalue weighted by atomic mass is 10.2. The zero-order chi connectivity index (χ0) is 16.5. The van der Waals surface area contributed by atoms with E-state index in [-0.39, 0.29) is 0 Å². The second-order valence-electron chi connectivity index (χ2n) is 5.88. The molecule has 5 nitrogen and oxygen atoms in total. The van der Waals surface area contributed by atoms with E-state index in [0.29, 0.717) is 6.04 Å². The van der Waals surface area contributed by atoms with Gasteiger partial charge in [0.15, 0.2) is 5.96 Å². The zero-order valence-corrected chi connectivity index (χ0v) is 15.7. The Morgan fingerprint density at radius 3 is 2.55 bits per heavy atom. The number of hydrogen-bond acceptors (Lipinski definition) is 4. The highest BCUT2D eigenvalue weighted by Crippen LogP contribution is 2.16. The van der Waals surface area contributed by atoms with Crippen LogP contribution in [0.3, 0.4) is 0 Å². The predicted molar refractivity (Wildman–Crippen MR) is 96.8 cm³/mol. The Morgan fingerprint density at radius 1 is 1.27 bits per heavy atom. The lowest BCUT2D eigenvalue weighted by molar-refractivity contribution is 0.268. The van der Waals surface area contributed by atoms with Crippen LogP contribution in [0.5, 0.6) is 0 Å². The van der Waals surface area contributed by atoms with Crippen LogP contribution in [0.15, 0.2) is 4.99 Å². The van der Waals surface area contributed by atoms with Gasteiger partial charge in [-0.2, -0.15) is 0 Å². The summed E-state index contributed by atoms with van der Waals surface area (Å²) in [6.07, 6.45) is 2.35. The van der Waals surface area contributed by atoms with Crippen molar-refractivity contribution in [1.29, 1.82) is 0 Å². The first kappa shape index (κ1) is 18.9. The highest BCUT2D eigenvalue weighted by Gasteiger charge is 2.06. The number of aliphatic imine (C=N–C) groups is 1. The summed E-state index contributed by atoms with van der Waals surface area (Å²) < 4.78 is 0. The van der Waals surface area contributed by atoms with Crippen LogP contribution in [0.1, 0.15) is 42.3 Å². The normalized spacial score (nSPS) is 12.3. The molecule has 0 aromatic carbocycles. The van der Waals surface area contributed by atoms with Gasteiger partial charge in [-0.05, 0) is 54.1 Å². The minimum absolute atomic E-state index is 0.619. The molecule has 0 aliphatic rings. The Hall–Kier alpha value is -1.14. The van der Waals surface area contributed by atoms with Crippen LogP contribution in [0.4, 0.5) is 0 Å². The van der Waals surface area contributed by atoms with E-state index in [1.807, 2.05) is 14.0 Å². The second-order valence-corrected chi connectivity index (χ2v) is 7.16. The summed E-state index contributed by atoms with van der Waals surface area (Å²) in [5.74, 6) is 0.864. The molecule has 0 aliphatic heterocycles. The monoisotopic (exact) mass is 325 g/mol. The fraction of sp³-hybridized carbons (Fsp3) is 0.750. The standard InChI is InChI=1S/C16H31N5S/c1-12(2)21(6)10-8-7-9-18-16(17-5)19-11-15-13(3)20-14(4)22-15/h12H,7-11H2,1-6H3,(H2,17,18,19). The van der Waals surface area contributed by atoms with Crippen molar-refractivity contribution in [2.75, 3.05) is 27.2 Å². The molecule has 0 saturated carbocycles. The molecule has 0 spiro atoms. The average Bonchev–Trinajstić information content (AvgIpc) is 2.79. The van der Waals surface area contributed by atoms with E-state index in [2.05, 4.69) is 53.3 Å². The molecule has 1 aromatic rings. The molecular weight excluding hydrogens is 294 g/mol. The topological polar surface area (TPSA) is 52.6 Å². The number of unbranched alkanes of at least 4 members (excludes halogenated alkanes) is 1. The largest absolute Gasteiger partial charge is 0.356 e. The van der Waals surface area contributed by atoms with E-state index < -0.39 is 0 Å². The predicted octanol–water partition coefficient (Wildman–Crippen LogP) is 2.55. The Balaban J connectivity index is 2.22. The van der Waals surface area contributed by atoms with E-state index >= 15 is 0 Å².